The summed E-state index contributed by atoms with van der Waals surface area (Å²) in [6, 6.07) is 15.6. The molecule has 7 heteroatoms. The Bertz CT molecular complexity index is 1010. The molecule has 1 unspecified atom stereocenters. The second-order valence-electron chi connectivity index (χ2n) is 7.73. The van der Waals surface area contributed by atoms with Crippen molar-refractivity contribution in [1.82, 2.24) is 10.2 Å². The summed E-state index contributed by atoms with van der Waals surface area (Å²) in [5.74, 6) is -0.634. The molecule has 3 amide bonds. The lowest BCUT2D eigenvalue weighted by Gasteiger charge is -2.33. The molecular weight excluding hydrogens is 394 g/mol. The van der Waals surface area contributed by atoms with E-state index in [-0.39, 0.29) is 24.5 Å². The Morgan fingerprint density at radius 3 is 2.52 bits per heavy atom. The molecule has 1 aliphatic rings. The molecule has 3 rings (SSSR count). The van der Waals surface area contributed by atoms with Crippen LogP contribution in [0, 0.1) is 0 Å². The van der Waals surface area contributed by atoms with Crippen molar-refractivity contribution in [1.29, 1.82) is 0 Å². The Balaban J connectivity index is 1.86. The number of benzene rings is 2. The third-order valence-corrected chi connectivity index (χ3v) is 5.03. The number of nitrogens with one attached hydrogen (secondary N) is 2. The molecule has 0 aromatic heterocycles. The molecular formula is C24H27N3O4. The number of anilines is 1. The van der Waals surface area contributed by atoms with Crippen LogP contribution in [-0.2, 0) is 20.7 Å². The van der Waals surface area contributed by atoms with Crippen LogP contribution in [0.5, 0.6) is 0 Å². The maximum atomic E-state index is 12.8. The number of rotatable bonds is 6. The summed E-state index contributed by atoms with van der Waals surface area (Å²) >= 11 is 0. The summed E-state index contributed by atoms with van der Waals surface area (Å²) in [6.45, 7) is 5.27. The number of carbonyl (C=O) groups is 3. The van der Waals surface area contributed by atoms with Gasteiger partial charge >= 0.3 is 12.0 Å². The minimum absolute atomic E-state index is 0.151. The number of ether oxygens (including phenoxy) is 1. The van der Waals surface area contributed by atoms with Gasteiger partial charge in [0.2, 0.25) is 5.91 Å². The van der Waals surface area contributed by atoms with Crippen molar-refractivity contribution in [3.8, 4) is 0 Å². The van der Waals surface area contributed by atoms with Gasteiger partial charge in [-0.05, 0) is 44.0 Å². The molecule has 2 N–H and O–H groups in total. The first-order valence-corrected chi connectivity index (χ1v) is 10.2. The average Bonchev–Trinajstić information content (AvgIpc) is 2.72. The van der Waals surface area contributed by atoms with E-state index in [2.05, 4.69) is 10.6 Å². The summed E-state index contributed by atoms with van der Waals surface area (Å²) in [5.41, 5.74) is 3.06. The molecule has 1 aliphatic heterocycles. The smallest absolute Gasteiger partial charge is 0.338 e. The highest BCUT2D eigenvalue weighted by molar-refractivity contribution is 5.95. The molecule has 0 aliphatic carbocycles. The SMILES string of the molecule is CC1=C(C(=O)OC(C)C)C(c2cccc(NC(=O)Cc3ccccc3)c2)NC(=O)N1C. The van der Waals surface area contributed by atoms with Gasteiger partial charge in [0.05, 0.1) is 24.1 Å². The number of urea groups is 1. The van der Waals surface area contributed by atoms with Gasteiger partial charge in [0.15, 0.2) is 0 Å². The summed E-state index contributed by atoms with van der Waals surface area (Å²) in [4.78, 5) is 39.0. The fraction of sp³-hybridized carbons (Fsp3) is 0.292. The minimum atomic E-state index is -0.680. The fourth-order valence-electron chi connectivity index (χ4n) is 3.41. The first-order valence-electron chi connectivity index (χ1n) is 10.2. The van der Waals surface area contributed by atoms with Gasteiger partial charge in [0, 0.05) is 18.4 Å². The number of nitrogens with zero attached hydrogens (tertiary/aromatic N) is 1. The van der Waals surface area contributed by atoms with Crippen LogP contribution in [-0.4, -0.2) is 36.0 Å². The highest BCUT2D eigenvalue weighted by Crippen LogP contribution is 2.32. The van der Waals surface area contributed by atoms with Gasteiger partial charge in [0.1, 0.15) is 0 Å². The van der Waals surface area contributed by atoms with E-state index in [4.69, 9.17) is 4.74 Å². The van der Waals surface area contributed by atoms with Gasteiger partial charge in [-0.3, -0.25) is 4.79 Å². The highest BCUT2D eigenvalue weighted by atomic mass is 16.5. The summed E-state index contributed by atoms with van der Waals surface area (Å²) in [5, 5.41) is 5.74. The van der Waals surface area contributed by atoms with Crippen LogP contribution < -0.4 is 10.6 Å². The zero-order valence-electron chi connectivity index (χ0n) is 18.1. The number of esters is 1. The van der Waals surface area contributed by atoms with E-state index in [0.717, 1.165) is 5.56 Å². The summed E-state index contributed by atoms with van der Waals surface area (Å²) in [6.07, 6.45) is -0.0407. The predicted octanol–water partition coefficient (Wildman–Crippen LogP) is 3.79. The van der Waals surface area contributed by atoms with Gasteiger partial charge in [0.25, 0.3) is 0 Å². The number of hydrogen-bond acceptors (Lipinski definition) is 4. The molecule has 31 heavy (non-hydrogen) atoms. The van der Waals surface area contributed by atoms with Crippen LogP contribution in [0.25, 0.3) is 0 Å². The van der Waals surface area contributed by atoms with Crippen molar-refractivity contribution < 1.29 is 19.1 Å². The van der Waals surface area contributed by atoms with E-state index < -0.39 is 12.0 Å². The molecule has 1 heterocycles. The van der Waals surface area contributed by atoms with Crippen molar-refractivity contribution in [3.05, 3.63) is 77.0 Å². The Kier molecular flexibility index (Phi) is 6.74. The predicted molar refractivity (Wildman–Crippen MR) is 118 cm³/mol. The molecule has 7 nitrogen and oxygen atoms in total. The number of hydrogen-bond donors (Lipinski definition) is 2. The first kappa shape index (κ1) is 22.1. The minimum Gasteiger partial charge on any atom is -0.459 e. The van der Waals surface area contributed by atoms with Crippen molar-refractivity contribution in [3.63, 3.8) is 0 Å². The molecule has 2 aromatic carbocycles. The molecule has 0 fully saturated rings. The highest BCUT2D eigenvalue weighted by Gasteiger charge is 2.35. The van der Waals surface area contributed by atoms with Gasteiger partial charge < -0.3 is 20.3 Å². The quantitative estimate of drug-likeness (QED) is 0.695. The van der Waals surface area contributed by atoms with Crippen molar-refractivity contribution in [2.75, 3.05) is 12.4 Å². The zero-order chi connectivity index (χ0) is 22.5. The second-order valence-corrected chi connectivity index (χ2v) is 7.73. The lowest BCUT2D eigenvalue weighted by molar-refractivity contribution is -0.143. The Hall–Kier alpha value is -3.61. The third kappa shape index (κ3) is 5.31. The zero-order valence-corrected chi connectivity index (χ0v) is 18.1. The Morgan fingerprint density at radius 1 is 1.13 bits per heavy atom. The summed E-state index contributed by atoms with van der Waals surface area (Å²) < 4.78 is 5.41. The number of amides is 3. The average molecular weight is 421 g/mol. The monoisotopic (exact) mass is 421 g/mol. The Morgan fingerprint density at radius 2 is 1.84 bits per heavy atom. The van der Waals surface area contributed by atoms with E-state index in [1.54, 1.807) is 52.1 Å². The maximum Gasteiger partial charge on any atom is 0.338 e. The lowest BCUT2D eigenvalue weighted by Crippen LogP contribution is -2.46. The van der Waals surface area contributed by atoms with E-state index in [9.17, 15) is 14.4 Å². The largest absolute Gasteiger partial charge is 0.459 e. The van der Waals surface area contributed by atoms with E-state index in [1.165, 1.54) is 4.90 Å². The van der Waals surface area contributed by atoms with Gasteiger partial charge in [-0.1, -0.05) is 42.5 Å². The molecule has 0 radical (unpaired) electrons. The molecule has 0 saturated heterocycles. The summed E-state index contributed by atoms with van der Waals surface area (Å²) in [7, 11) is 1.60. The molecule has 0 spiro atoms. The van der Waals surface area contributed by atoms with E-state index >= 15 is 0 Å². The molecule has 0 bridgehead atoms. The van der Waals surface area contributed by atoms with Gasteiger partial charge in [-0.25, -0.2) is 9.59 Å². The van der Waals surface area contributed by atoms with E-state index in [1.807, 2.05) is 30.3 Å². The molecule has 2 aromatic rings. The maximum absolute atomic E-state index is 12.8. The first-order chi connectivity index (χ1) is 14.8. The van der Waals surface area contributed by atoms with Gasteiger partial charge in [-0.15, -0.1) is 0 Å². The van der Waals surface area contributed by atoms with Crippen LogP contribution in [0.3, 0.4) is 0 Å². The van der Waals surface area contributed by atoms with Crippen LogP contribution in [0.4, 0.5) is 10.5 Å². The van der Waals surface area contributed by atoms with Crippen LogP contribution in [0.1, 0.15) is 37.9 Å². The van der Waals surface area contributed by atoms with Crippen molar-refractivity contribution >= 4 is 23.6 Å². The standard InChI is InChI=1S/C24H27N3O4/c1-15(2)31-23(29)21-16(3)27(4)24(30)26-22(21)18-11-8-12-19(14-18)25-20(28)13-17-9-6-5-7-10-17/h5-12,14-15,22H,13H2,1-4H3,(H,25,28)(H,26,30). The molecule has 1 atom stereocenters. The topological polar surface area (TPSA) is 87.7 Å². The molecule has 162 valence electrons. The third-order valence-electron chi connectivity index (χ3n) is 5.03. The van der Waals surface area contributed by atoms with Gasteiger partial charge in [-0.2, -0.15) is 0 Å². The second kappa shape index (κ2) is 9.47. The van der Waals surface area contributed by atoms with Crippen LogP contribution in [0.15, 0.2) is 65.9 Å². The van der Waals surface area contributed by atoms with Crippen LogP contribution >= 0.6 is 0 Å². The van der Waals surface area contributed by atoms with Crippen molar-refractivity contribution in [2.45, 2.75) is 39.3 Å². The Labute approximate surface area is 182 Å². The number of allylic oxidation sites excluding steroid dienone is 1. The fourth-order valence-corrected chi connectivity index (χ4v) is 3.41. The normalized spacial score (nSPS) is 16.2. The van der Waals surface area contributed by atoms with Crippen molar-refractivity contribution in [2.24, 2.45) is 0 Å². The molecule has 0 saturated carbocycles. The van der Waals surface area contributed by atoms with Crippen LogP contribution in [0.2, 0.25) is 0 Å². The lowest BCUT2D eigenvalue weighted by atomic mass is 9.94. The van der Waals surface area contributed by atoms with E-state index in [0.29, 0.717) is 22.5 Å². The number of carbonyl (C=O) groups excluding carboxylic acids is 3.